The summed E-state index contributed by atoms with van der Waals surface area (Å²) >= 11 is 5.90. The monoisotopic (exact) mass is 322 g/mol. The third kappa shape index (κ3) is 2.78. The van der Waals surface area contributed by atoms with Crippen molar-refractivity contribution in [2.45, 2.75) is 6.61 Å². The van der Waals surface area contributed by atoms with Crippen molar-refractivity contribution in [1.29, 1.82) is 0 Å². The van der Waals surface area contributed by atoms with Gasteiger partial charge in [-0.05, 0) is 30.3 Å². The van der Waals surface area contributed by atoms with Crippen molar-refractivity contribution >= 4 is 22.5 Å². The van der Waals surface area contributed by atoms with Crippen LogP contribution in [0.2, 0.25) is 5.02 Å². The highest BCUT2D eigenvalue weighted by Gasteiger charge is 2.15. The van der Waals surface area contributed by atoms with Crippen LogP contribution >= 0.6 is 11.6 Å². The Morgan fingerprint density at radius 3 is 2.73 bits per heavy atom. The molecule has 22 heavy (non-hydrogen) atoms. The van der Waals surface area contributed by atoms with Crippen molar-refractivity contribution in [3.63, 3.8) is 0 Å². The van der Waals surface area contributed by atoms with Crippen molar-refractivity contribution in [3.8, 4) is 17.1 Å². The largest absolute Gasteiger partial charge is 0.434 e. The Hall–Kier alpha value is -2.47. The Morgan fingerprint density at radius 1 is 1.18 bits per heavy atom. The number of alkyl halides is 2. The Kier molecular flexibility index (Phi) is 3.77. The lowest BCUT2D eigenvalue weighted by atomic mass is 10.1. The van der Waals surface area contributed by atoms with E-state index in [-0.39, 0.29) is 22.7 Å². The number of aromatic nitrogens is 2. The van der Waals surface area contributed by atoms with Crippen molar-refractivity contribution in [2.24, 2.45) is 0 Å². The van der Waals surface area contributed by atoms with Gasteiger partial charge >= 0.3 is 6.61 Å². The molecular formula is C15H9ClF2N2O2. The van der Waals surface area contributed by atoms with Gasteiger partial charge in [-0.3, -0.25) is 4.79 Å². The molecule has 0 amide bonds. The molecule has 0 saturated carbocycles. The van der Waals surface area contributed by atoms with Crippen LogP contribution in [0.15, 0.2) is 47.3 Å². The maximum atomic E-state index is 12.5. The van der Waals surface area contributed by atoms with Crippen LogP contribution in [0.3, 0.4) is 0 Å². The zero-order chi connectivity index (χ0) is 15.7. The molecule has 0 atom stereocenters. The van der Waals surface area contributed by atoms with Gasteiger partial charge in [0.15, 0.2) is 0 Å². The normalized spacial score (nSPS) is 11.1. The number of rotatable bonds is 3. The van der Waals surface area contributed by atoms with Crippen LogP contribution in [-0.4, -0.2) is 16.6 Å². The number of para-hydroxylation sites is 1. The summed E-state index contributed by atoms with van der Waals surface area (Å²) in [5, 5.41) is 0.719. The fourth-order valence-electron chi connectivity index (χ4n) is 2.10. The molecule has 0 radical (unpaired) electrons. The molecular weight excluding hydrogens is 314 g/mol. The van der Waals surface area contributed by atoms with Crippen LogP contribution < -0.4 is 10.3 Å². The van der Waals surface area contributed by atoms with Gasteiger partial charge in [0.25, 0.3) is 5.56 Å². The fraction of sp³-hybridized carbons (Fsp3) is 0.0667. The smallest absolute Gasteiger partial charge is 0.387 e. The molecule has 3 aromatic rings. The van der Waals surface area contributed by atoms with E-state index in [4.69, 9.17) is 11.6 Å². The molecule has 0 aliphatic carbocycles. The van der Waals surface area contributed by atoms with Gasteiger partial charge in [0.1, 0.15) is 11.6 Å². The first-order valence-electron chi connectivity index (χ1n) is 6.28. The Bertz CT molecular complexity index is 896. The van der Waals surface area contributed by atoms with Gasteiger partial charge in [-0.15, -0.1) is 0 Å². The van der Waals surface area contributed by atoms with Crippen molar-refractivity contribution in [1.82, 2.24) is 9.97 Å². The molecule has 4 nitrogen and oxygen atoms in total. The molecule has 7 heteroatoms. The van der Waals surface area contributed by atoms with Crippen molar-refractivity contribution < 1.29 is 13.5 Å². The summed E-state index contributed by atoms with van der Waals surface area (Å²) in [6.45, 7) is -2.99. The highest BCUT2D eigenvalue weighted by Crippen LogP contribution is 2.31. The predicted molar refractivity (Wildman–Crippen MR) is 79.4 cm³/mol. The molecule has 0 fully saturated rings. The molecule has 0 saturated heterocycles. The first kappa shape index (κ1) is 14.5. The van der Waals surface area contributed by atoms with Gasteiger partial charge in [0, 0.05) is 5.02 Å². The quantitative estimate of drug-likeness (QED) is 0.797. The molecule has 0 aliphatic heterocycles. The standard InChI is InChI=1S/C15H9ClF2N2O2/c16-8-5-6-12(22-15(17)18)10(7-8)13-19-11-4-2-1-3-9(11)14(21)20-13/h1-7,15H,(H,19,20,21). The molecule has 0 bridgehead atoms. The third-order valence-corrected chi connectivity index (χ3v) is 3.26. The van der Waals surface area contributed by atoms with Crippen LogP contribution in [0.5, 0.6) is 5.75 Å². The Labute approximate surface area is 128 Å². The predicted octanol–water partition coefficient (Wildman–Crippen LogP) is 3.84. The SMILES string of the molecule is O=c1[nH]c(-c2cc(Cl)ccc2OC(F)F)nc2ccccc12. The number of nitrogens with zero attached hydrogens (tertiary/aromatic N) is 1. The van der Waals surface area contributed by atoms with Crippen LogP contribution in [0.1, 0.15) is 0 Å². The summed E-state index contributed by atoms with van der Waals surface area (Å²) in [6, 6.07) is 10.9. The van der Waals surface area contributed by atoms with Crippen molar-refractivity contribution in [2.75, 3.05) is 0 Å². The van der Waals surface area contributed by atoms with Gasteiger partial charge < -0.3 is 9.72 Å². The zero-order valence-corrected chi connectivity index (χ0v) is 11.8. The van der Waals surface area contributed by atoms with Gasteiger partial charge in [0.05, 0.1) is 16.5 Å². The van der Waals surface area contributed by atoms with E-state index in [1.54, 1.807) is 24.3 Å². The summed E-state index contributed by atoms with van der Waals surface area (Å²) in [4.78, 5) is 18.9. The van der Waals surface area contributed by atoms with Crippen molar-refractivity contribution in [3.05, 3.63) is 57.8 Å². The highest BCUT2D eigenvalue weighted by molar-refractivity contribution is 6.30. The van der Waals surface area contributed by atoms with Crippen LogP contribution in [0.4, 0.5) is 8.78 Å². The van der Waals surface area contributed by atoms with E-state index in [0.717, 1.165) is 0 Å². The van der Waals surface area contributed by atoms with Gasteiger partial charge in [-0.25, -0.2) is 4.98 Å². The lowest BCUT2D eigenvalue weighted by Crippen LogP contribution is -2.10. The van der Waals surface area contributed by atoms with E-state index in [0.29, 0.717) is 15.9 Å². The fourth-order valence-corrected chi connectivity index (χ4v) is 2.27. The van der Waals surface area contributed by atoms with Crippen LogP contribution in [0.25, 0.3) is 22.3 Å². The maximum Gasteiger partial charge on any atom is 0.387 e. The minimum absolute atomic E-state index is 0.113. The van der Waals surface area contributed by atoms with E-state index in [9.17, 15) is 13.6 Å². The number of hydrogen-bond acceptors (Lipinski definition) is 3. The molecule has 1 aromatic heterocycles. The molecule has 0 unspecified atom stereocenters. The van der Waals surface area contributed by atoms with Crippen LogP contribution in [0, 0.1) is 0 Å². The molecule has 2 aromatic carbocycles. The third-order valence-electron chi connectivity index (χ3n) is 3.03. The Morgan fingerprint density at radius 2 is 1.95 bits per heavy atom. The second kappa shape index (κ2) is 5.73. The number of H-pyrrole nitrogens is 1. The zero-order valence-electron chi connectivity index (χ0n) is 11.0. The van der Waals surface area contributed by atoms with Gasteiger partial charge in [-0.2, -0.15) is 8.78 Å². The maximum absolute atomic E-state index is 12.5. The van der Waals surface area contributed by atoms with E-state index in [2.05, 4.69) is 14.7 Å². The number of nitrogens with one attached hydrogen (secondary N) is 1. The molecule has 1 N–H and O–H groups in total. The minimum atomic E-state index is -2.99. The molecule has 112 valence electrons. The lowest BCUT2D eigenvalue weighted by molar-refractivity contribution is -0.0494. The van der Waals surface area contributed by atoms with Crippen LogP contribution in [-0.2, 0) is 0 Å². The second-order valence-corrected chi connectivity index (χ2v) is 4.89. The van der Waals surface area contributed by atoms with E-state index >= 15 is 0 Å². The molecule has 3 rings (SSSR count). The lowest BCUT2D eigenvalue weighted by Gasteiger charge is -2.11. The summed E-state index contributed by atoms with van der Waals surface area (Å²) < 4.78 is 29.5. The number of ether oxygens (including phenoxy) is 1. The number of halogens is 3. The summed E-state index contributed by atoms with van der Waals surface area (Å²) in [6.07, 6.45) is 0. The highest BCUT2D eigenvalue weighted by atomic mass is 35.5. The number of fused-ring (bicyclic) bond motifs is 1. The van der Waals surface area contributed by atoms with E-state index < -0.39 is 6.61 Å². The number of aromatic amines is 1. The van der Waals surface area contributed by atoms with Gasteiger partial charge in [0.2, 0.25) is 0 Å². The number of hydrogen-bond donors (Lipinski definition) is 1. The first-order chi connectivity index (χ1) is 10.5. The molecule has 0 spiro atoms. The second-order valence-electron chi connectivity index (χ2n) is 4.45. The summed E-state index contributed by atoms with van der Waals surface area (Å²) in [7, 11) is 0. The number of benzene rings is 2. The summed E-state index contributed by atoms with van der Waals surface area (Å²) in [5.74, 6) is -0.000295. The molecule has 1 heterocycles. The molecule has 0 aliphatic rings. The average Bonchev–Trinajstić information content (AvgIpc) is 2.48. The Balaban J connectivity index is 2.22. The summed E-state index contributed by atoms with van der Waals surface area (Å²) in [5.41, 5.74) is 0.267. The van der Waals surface area contributed by atoms with Gasteiger partial charge in [-0.1, -0.05) is 23.7 Å². The topological polar surface area (TPSA) is 55.0 Å². The van der Waals surface area contributed by atoms with E-state index in [1.165, 1.54) is 18.2 Å². The minimum Gasteiger partial charge on any atom is -0.434 e. The first-order valence-corrected chi connectivity index (χ1v) is 6.66. The average molecular weight is 323 g/mol. The van der Waals surface area contributed by atoms with E-state index in [1.807, 2.05) is 0 Å².